The summed E-state index contributed by atoms with van der Waals surface area (Å²) in [6.45, 7) is 1.47. The standard InChI is InChI=1S/C21H25NO5/c1-22(2)10-5-11-26-21-16(6-4-7-18(21)25-3)17-13-20(24)27-19-12-14(23)8-9-15(17)19/h4,6-9,12,17,23H,5,10-11,13H2,1-3H3. The van der Waals surface area contributed by atoms with Gasteiger partial charge in [0.25, 0.3) is 0 Å². The number of fused-ring (bicyclic) bond motifs is 1. The van der Waals surface area contributed by atoms with Crippen LogP contribution in [-0.2, 0) is 4.79 Å². The van der Waals surface area contributed by atoms with Gasteiger partial charge in [-0.1, -0.05) is 18.2 Å². The van der Waals surface area contributed by atoms with Crippen LogP contribution in [0.25, 0.3) is 0 Å². The Balaban J connectivity index is 1.95. The zero-order valence-corrected chi connectivity index (χ0v) is 15.9. The van der Waals surface area contributed by atoms with Gasteiger partial charge in [-0.2, -0.15) is 0 Å². The number of esters is 1. The average molecular weight is 371 g/mol. The summed E-state index contributed by atoms with van der Waals surface area (Å²) in [5, 5.41) is 9.72. The molecule has 2 aromatic rings. The molecule has 0 aliphatic carbocycles. The SMILES string of the molecule is COc1cccc(C2CC(=O)Oc3cc(O)ccc32)c1OCCCN(C)C. The van der Waals surface area contributed by atoms with E-state index in [4.69, 9.17) is 14.2 Å². The normalized spacial score (nSPS) is 16.0. The van der Waals surface area contributed by atoms with Gasteiger partial charge in [-0.3, -0.25) is 4.79 Å². The Hall–Kier alpha value is -2.73. The summed E-state index contributed by atoms with van der Waals surface area (Å²) >= 11 is 0. The van der Waals surface area contributed by atoms with Crippen molar-refractivity contribution in [3.63, 3.8) is 0 Å². The molecule has 0 spiro atoms. The molecule has 0 amide bonds. The molecule has 6 nitrogen and oxygen atoms in total. The molecule has 0 radical (unpaired) electrons. The Kier molecular flexibility index (Phi) is 5.86. The molecule has 0 saturated heterocycles. The van der Waals surface area contributed by atoms with Crippen molar-refractivity contribution in [3.05, 3.63) is 47.5 Å². The number of aromatic hydroxyl groups is 1. The molecule has 0 aromatic heterocycles. The van der Waals surface area contributed by atoms with Gasteiger partial charge < -0.3 is 24.2 Å². The first kappa shape index (κ1) is 19.0. The van der Waals surface area contributed by atoms with E-state index in [0.29, 0.717) is 23.9 Å². The van der Waals surface area contributed by atoms with Crippen molar-refractivity contribution in [1.82, 2.24) is 4.90 Å². The van der Waals surface area contributed by atoms with Crippen molar-refractivity contribution in [3.8, 4) is 23.0 Å². The number of para-hydroxylation sites is 1. The maximum atomic E-state index is 12.1. The fourth-order valence-corrected chi connectivity index (χ4v) is 3.30. The maximum Gasteiger partial charge on any atom is 0.312 e. The summed E-state index contributed by atoms with van der Waals surface area (Å²) < 4.78 is 16.9. The zero-order chi connectivity index (χ0) is 19.4. The van der Waals surface area contributed by atoms with E-state index in [-0.39, 0.29) is 24.1 Å². The number of phenols is 1. The molecule has 27 heavy (non-hydrogen) atoms. The molecular weight excluding hydrogens is 346 g/mol. The Labute approximate surface area is 159 Å². The van der Waals surface area contributed by atoms with Crippen LogP contribution >= 0.6 is 0 Å². The van der Waals surface area contributed by atoms with Gasteiger partial charge in [0.15, 0.2) is 11.5 Å². The topological polar surface area (TPSA) is 68.2 Å². The van der Waals surface area contributed by atoms with Gasteiger partial charge in [-0.25, -0.2) is 0 Å². The molecule has 6 heteroatoms. The van der Waals surface area contributed by atoms with Crippen molar-refractivity contribution >= 4 is 5.97 Å². The maximum absolute atomic E-state index is 12.1. The number of ether oxygens (including phenoxy) is 3. The highest BCUT2D eigenvalue weighted by molar-refractivity contribution is 5.78. The smallest absolute Gasteiger partial charge is 0.312 e. The van der Waals surface area contributed by atoms with Gasteiger partial charge in [-0.15, -0.1) is 0 Å². The van der Waals surface area contributed by atoms with Crippen LogP contribution in [0.3, 0.4) is 0 Å². The molecule has 1 unspecified atom stereocenters. The van der Waals surface area contributed by atoms with Crippen molar-refractivity contribution in [2.24, 2.45) is 0 Å². The lowest BCUT2D eigenvalue weighted by molar-refractivity contribution is -0.135. The van der Waals surface area contributed by atoms with Crippen LogP contribution in [0.4, 0.5) is 0 Å². The van der Waals surface area contributed by atoms with E-state index in [1.165, 1.54) is 6.07 Å². The predicted octanol–water partition coefficient (Wildman–Crippen LogP) is 3.17. The van der Waals surface area contributed by atoms with E-state index in [1.807, 2.05) is 32.3 Å². The molecule has 1 aliphatic rings. The second-order valence-electron chi connectivity index (χ2n) is 6.84. The number of rotatable bonds is 7. The highest BCUT2D eigenvalue weighted by atomic mass is 16.5. The zero-order valence-electron chi connectivity index (χ0n) is 15.9. The molecule has 1 N–H and O–H groups in total. The molecule has 2 aromatic carbocycles. The molecule has 1 heterocycles. The lowest BCUT2D eigenvalue weighted by Gasteiger charge is -2.27. The third-order valence-corrected chi connectivity index (χ3v) is 4.57. The van der Waals surface area contributed by atoms with E-state index < -0.39 is 0 Å². The van der Waals surface area contributed by atoms with E-state index >= 15 is 0 Å². The number of carbonyl (C=O) groups excluding carboxylic acids is 1. The summed E-state index contributed by atoms with van der Waals surface area (Å²) in [6.07, 6.45) is 1.08. The van der Waals surface area contributed by atoms with Gasteiger partial charge in [-0.05, 0) is 32.6 Å². The highest BCUT2D eigenvalue weighted by Gasteiger charge is 2.31. The van der Waals surface area contributed by atoms with Crippen molar-refractivity contribution < 1.29 is 24.1 Å². The van der Waals surface area contributed by atoms with Crippen LogP contribution in [0.2, 0.25) is 0 Å². The van der Waals surface area contributed by atoms with Crippen LogP contribution in [0.5, 0.6) is 23.0 Å². The fourth-order valence-electron chi connectivity index (χ4n) is 3.30. The third kappa shape index (κ3) is 4.34. The highest BCUT2D eigenvalue weighted by Crippen LogP contribution is 2.45. The second kappa shape index (κ2) is 8.31. The predicted molar refractivity (Wildman–Crippen MR) is 102 cm³/mol. The van der Waals surface area contributed by atoms with Crippen LogP contribution in [0.1, 0.15) is 29.9 Å². The Bertz CT molecular complexity index is 818. The van der Waals surface area contributed by atoms with Gasteiger partial charge in [0.05, 0.1) is 20.1 Å². The number of methoxy groups -OCH3 is 1. The molecule has 144 valence electrons. The molecule has 3 rings (SSSR count). The van der Waals surface area contributed by atoms with Gasteiger partial charge in [0, 0.05) is 29.7 Å². The summed E-state index contributed by atoms with van der Waals surface area (Å²) in [7, 11) is 5.65. The minimum Gasteiger partial charge on any atom is -0.508 e. The first-order valence-corrected chi connectivity index (χ1v) is 8.97. The number of hydrogen-bond donors (Lipinski definition) is 1. The lowest BCUT2D eigenvalue weighted by Crippen LogP contribution is -2.21. The summed E-state index contributed by atoms with van der Waals surface area (Å²) in [5.74, 6) is 1.18. The summed E-state index contributed by atoms with van der Waals surface area (Å²) in [6, 6.07) is 10.5. The summed E-state index contributed by atoms with van der Waals surface area (Å²) in [4.78, 5) is 14.2. The van der Waals surface area contributed by atoms with E-state index in [1.54, 1.807) is 19.2 Å². The monoisotopic (exact) mass is 371 g/mol. The van der Waals surface area contributed by atoms with Crippen LogP contribution in [0, 0.1) is 0 Å². The first-order valence-electron chi connectivity index (χ1n) is 8.97. The molecule has 0 bridgehead atoms. The number of benzene rings is 2. The van der Waals surface area contributed by atoms with Gasteiger partial charge in [0.2, 0.25) is 0 Å². The van der Waals surface area contributed by atoms with Crippen LogP contribution in [0.15, 0.2) is 36.4 Å². The van der Waals surface area contributed by atoms with E-state index in [9.17, 15) is 9.90 Å². The fraction of sp³-hybridized carbons (Fsp3) is 0.381. The quantitative estimate of drug-likeness (QED) is 0.458. The first-order chi connectivity index (χ1) is 13.0. The third-order valence-electron chi connectivity index (χ3n) is 4.57. The molecular formula is C21H25NO5. The summed E-state index contributed by atoms with van der Waals surface area (Å²) in [5.41, 5.74) is 1.72. The van der Waals surface area contributed by atoms with Gasteiger partial charge in [0.1, 0.15) is 11.5 Å². The number of carbonyl (C=O) groups is 1. The molecule has 0 fully saturated rings. The molecule has 0 saturated carbocycles. The lowest BCUT2D eigenvalue weighted by atomic mass is 9.85. The second-order valence-corrected chi connectivity index (χ2v) is 6.84. The Morgan fingerprint density at radius 1 is 1.22 bits per heavy atom. The Morgan fingerprint density at radius 3 is 2.78 bits per heavy atom. The van der Waals surface area contributed by atoms with Crippen LogP contribution < -0.4 is 14.2 Å². The van der Waals surface area contributed by atoms with Gasteiger partial charge >= 0.3 is 5.97 Å². The minimum atomic E-state index is -0.334. The minimum absolute atomic E-state index is 0.0630. The van der Waals surface area contributed by atoms with Crippen molar-refractivity contribution in [2.75, 3.05) is 34.4 Å². The van der Waals surface area contributed by atoms with Crippen molar-refractivity contribution in [2.45, 2.75) is 18.8 Å². The average Bonchev–Trinajstić information content (AvgIpc) is 2.63. The number of nitrogens with zero attached hydrogens (tertiary/aromatic N) is 1. The van der Waals surface area contributed by atoms with Crippen molar-refractivity contribution in [1.29, 1.82) is 0 Å². The largest absolute Gasteiger partial charge is 0.508 e. The number of hydrogen-bond acceptors (Lipinski definition) is 6. The van der Waals surface area contributed by atoms with Crippen LogP contribution in [-0.4, -0.2) is 50.3 Å². The molecule has 1 atom stereocenters. The Morgan fingerprint density at radius 2 is 2.04 bits per heavy atom. The van der Waals surface area contributed by atoms with E-state index in [2.05, 4.69) is 4.90 Å². The number of phenolic OH excluding ortho intramolecular Hbond substituents is 1. The molecule has 1 aliphatic heterocycles. The van der Waals surface area contributed by atoms with E-state index in [0.717, 1.165) is 24.1 Å².